The lowest BCUT2D eigenvalue weighted by Crippen LogP contribution is -2.12. The van der Waals surface area contributed by atoms with E-state index < -0.39 is 22.2 Å². The Kier molecular flexibility index (Phi) is 4.32. The molecule has 1 aliphatic rings. The standard InChI is InChI=1S/C17H15NO6S/c19-16(10-3-5-15(6-4-10)18-25(22,23)24)12-2-1-11-7-14(17(20)21)9-13(11)8-12/h1-6,8,14,18H,7,9H2,(H,20,21)(H,22,23,24). The molecule has 3 N–H and O–H groups in total. The van der Waals surface area contributed by atoms with E-state index >= 15 is 0 Å². The lowest BCUT2D eigenvalue weighted by molar-refractivity contribution is -0.141. The molecule has 0 amide bonds. The van der Waals surface area contributed by atoms with Gasteiger partial charge in [0.25, 0.3) is 0 Å². The Hall–Kier alpha value is -2.71. The van der Waals surface area contributed by atoms with E-state index in [0.717, 1.165) is 11.1 Å². The van der Waals surface area contributed by atoms with Gasteiger partial charge in [0.2, 0.25) is 0 Å². The summed E-state index contributed by atoms with van der Waals surface area (Å²) in [6, 6.07) is 10.8. The molecule has 25 heavy (non-hydrogen) atoms. The molecule has 1 unspecified atom stereocenters. The minimum Gasteiger partial charge on any atom is -0.481 e. The third-order valence-corrected chi connectivity index (χ3v) is 4.64. The minimum atomic E-state index is -4.36. The van der Waals surface area contributed by atoms with Crippen LogP contribution in [-0.4, -0.2) is 29.8 Å². The Balaban J connectivity index is 1.80. The molecule has 1 atom stereocenters. The Labute approximate surface area is 144 Å². The molecule has 8 heteroatoms. The van der Waals surface area contributed by atoms with E-state index in [1.807, 2.05) is 4.72 Å². The maximum absolute atomic E-state index is 12.6. The van der Waals surface area contributed by atoms with Crippen molar-refractivity contribution in [3.8, 4) is 0 Å². The topological polar surface area (TPSA) is 121 Å². The summed E-state index contributed by atoms with van der Waals surface area (Å²) in [5, 5.41) is 9.12. The summed E-state index contributed by atoms with van der Waals surface area (Å²) in [7, 11) is -4.36. The van der Waals surface area contributed by atoms with Crippen molar-refractivity contribution < 1.29 is 27.7 Å². The van der Waals surface area contributed by atoms with Crippen molar-refractivity contribution in [2.75, 3.05) is 4.72 Å². The number of hydrogen-bond acceptors (Lipinski definition) is 4. The van der Waals surface area contributed by atoms with Crippen LogP contribution in [-0.2, 0) is 27.9 Å². The molecule has 130 valence electrons. The molecule has 0 bridgehead atoms. The summed E-state index contributed by atoms with van der Waals surface area (Å²) < 4.78 is 32.1. The van der Waals surface area contributed by atoms with Gasteiger partial charge in [0.15, 0.2) is 5.78 Å². The Morgan fingerprint density at radius 2 is 1.56 bits per heavy atom. The highest BCUT2D eigenvalue weighted by Crippen LogP contribution is 2.28. The molecule has 0 aliphatic heterocycles. The second kappa shape index (κ2) is 6.30. The highest BCUT2D eigenvalue weighted by atomic mass is 32.2. The zero-order valence-electron chi connectivity index (χ0n) is 13.0. The summed E-state index contributed by atoms with van der Waals surface area (Å²) in [4.78, 5) is 23.7. The third-order valence-electron chi connectivity index (χ3n) is 4.14. The normalized spacial score (nSPS) is 16.3. The van der Waals surface area contributed by atoms with Crippen molar-refractivity contribution >= 4 is 27.7 Å². The largest absolute Gasteiger partial charge is 0.481 e. The summed E-state index contributed by atoms with van der Waals surface area (Å²) in [5.74, 6) is -1.54. The zero-order valence-corrected chi connectivity index (χ0v) is 13.8. The average molecular weight is 361 g/mol. The fraction of sp³-hybridized carbons (Fsp3) is 0.176. The molecule has 7 nitrogen and oxygen atoms in total. The number of benzene rings is 2. The fourth-order valence-electron chi connectivity index (χ4n) is 2.94. The van der Waals surface area contributed by atoms with Crippen molar-refractivity contribution in [3.63, 3.8) is 0 Å². The van der Waals surface area contributed by atoms with E-state index in [1.54, 1.807) is 18.2 Å². The molecular formula is C17H15NO6S. The zero-order chi connectivity index (χ0) is 18.2. The van der Waals surface area contributed by atoms with Gasteiger partial charge in [-0.1, -0.05) is 12.1 Å². The maximum Gasteiger partial charge on any atom is 0.357 e. The summed E-state index contributed by atoms with van der Waals surface area (Å²) >= 11 is 0. The van der Waals surface area contributed by atoms with Gasteiger partial charge in [-0.15, -0.1) is 0 Å². The van der Waals surface area contributed by atoms with Crippen LogP contribution < -0.4 is 4.72 Å². The van der Waals surface area contributed by atoms with Gasteiger partial charge in [-0.3, -0.25) is 18.9 Å². The molecule has 0 saturated heterocycles. The Morgan fingerprint density at radius 1 is 0.960 bits per heavy atom. The molecule has 2 aromatic carbocycles. The molecule has 1 aliphatic carbocycles. The number of nitrogens with one attached hydrogen (secondary N) is 1. The molecule has 0 saturated carbocycles. The van der Waals surface area contributed by atoms with Gasteiger partial charge < -0.3 is 5.11 Å². The molecular weight excluding hydrogens is 346 g/mol. The fourth-order valence-corrected chi connectivity index (χ4v) is 3.37. The molecule has 0 radical (unpaired) electrons. The number of carboxylic acids is 1. The van der Waals surface area contributed by atoms with Crippen molar-refractivity contribution in [1.82, 2.24) is 0 Å². The highest BCUT2D eigenvalue weighted by Gasteiger charge is 2.27. The first-order chi connectivity index (χ1) is 11.7. The summed E-state index contributed by atoms with van der Waals surface area (Å²) in [6.07, 6.45) is 0.873. The third kappa shape index (κ3) is 3.86. The smallest absolute Gasteiger partial charge is 0.357 e. The Morgan fingerprint density at radius 3 is 2.16 bits per heavy atom. The first-order valence-electron chi connectivity index (χ1n) is 7.47. The van der Waals surface area contributed by atoms with Gasteiger partial charge in [-0.2, -0.15) is 8.42 Å². The van der Waals surface area contributed by atoms with Crippen LogP contribution in [0.4, 0.5) is 5.69 Å². The van der Waals surface area contributed by atoms with Gasteiger partial charge >= 0.3 is 16.3 Å². The molecule has 0 fully saturated rings. The average Bonchev–Trinajstić information content (AvgIpc) is 2.97. The number of ketones is 1. The number of fused-ring (bicyclic) bond motifs is 1. The minimum absolute atomic E-state index is 0.136. The van der Waals surface area contributed by atoms with E-state index in [-0.39, 0.29) is 11.5 Å². The molecule has 2 aromatic rings. The van der Waals surface area contributed by atoms with Crippen LogP contribution in [0.15, 0.2) is 42.5 Å². The molecule has 0 aromatic heterocycles. The van der Waals surface area contributed by atoms with Crippen LogP contribution in [0.2, 0.25) is 0 Å². The van der Waals surface area contributed by atoms with Crippen molar-refractivity contribution in [3.05, 3.63) is 64.7 Å². The quantitative estimate of drug-likeness (QED) is 0.553. The number of anilines is 1. The Bertz CT molecular complexity index is 950. The number of aliphatic carboxylic acids is 1. The monoisotopic (exact) mass is 361 g/mol. The van der Waals surface area contributed by atoms with Crippen LogP contribution in [0, 0.1) is 5.92 Å². The van der Waals surface area contributed by atoms with E-state index in [2.05, 4.69) is 0 Å². The predicted molar refractivity (Wildman–Crippen MR) is 90.0 cm³/mol. The number of carbonyl (C=O) groups excluding carboxylic acids is 1. The second-order valence-corrected chi connectivity index (χ2v) is 7.06. The van der Waals surface area contributed by atoms with Crippen LogP contribution >= 0.6 is 0 Å². The second-order valence-electron chi connectivity index (χ2n) is 5.91. The lowest BCUT2D eigenvalue weighted by Gasteiger charge is -2.06. The van der Waals surface area contributed by atoms with E-state index in [9.17, 15) is 18.0 Å². The lowest BCUT2D eigenvalue weighted by atomic mass is 9.99. The van der Waals surface area contributed by atoms with Crippen LogP contribution in [0.25, 0.3) is 0 Å². The van der Waals surface area contributed by atoms with Crippen molar-refractivity contribution in [2.45, 2.75) is 12.8 Å². The van der Waals surface area contributed by atoms with E-state index in [4.69, 9.17) is 9.66 Å². The van der Waals surface area contributed by atoms with Crippen molar-refractivity contribution in [1.29, 1.82) is 0 Å². The van der Waals surface area contributed by atoms with Gasteiger partial charge in [-0.05, 0) is 54.3 Å². The van der Waals surface area contributed by atoms with Gasteiger partial charge in [0, 0.05) is 11.1 Å². The number of carboxylic acid groups (broad SMARTS) is 1. The number of carbonyl (C=O) groups is 2. The highest BCUT2D eigenvalue weighted by molar-refractivity contribution is 7.87. The van der Waals surface area contributed by atoms with Gasteiger partial charge in [0.1, 0.15) is 0 Å². The first kappa shape index (κ1) is 17.1. The SMILES string of the molecule is O=C(c1ccc(NS(=O)(=O)O)cc1)c1ccc2c(c1)CC(C(=O)O)C2. The summed E-state index contributed by atoms with van der Waals surface area (Å²) in [5.41, 5.74) is 2.74. The maximum atomic E-state index is 12.6. The van der Waals surface area contributed by atoms with Crippen LogP contribution in [0.3, 0.4) is 0 Å². The number of rotatable bonds is 5. The van der Waals surface area contributed by atoms with Gasteiger partial charge in [0.05, 0.1) is 11.6 Å². The molecule has 3 rings (SSSR count). The van der Waals surface area contributed by atoms with Crippen molar-refractivity contribution in [2.24, 2.45) is 5.92 Å². The molecule has 0 heterocycles. The van der Waals surface area contributed by atoms with Crippen LogP contribution in [0.1, 0.15) is 27.0 Å². The van der Waals surface area contributed by atoms with E-state index in [1.165, 1.54) is 24.3 Å². The predicted octanol–water partition coefficient (Wildman–Crippen LogP) is 1.93. The van der Waals surface area contributed by atoms with Gasteiger partial charge in [-0.25, -0.2) is 0 Å². The molecule has 0 spiro atoms. The van der Waals surface area contributed by atoms with Crippen LogP contribution in [0.5, 0.6) is 0 Å². The van der Waals surface area contributed by atoms with E-state index in [0.29, 0.717) is 24.0 Å². The first-order valence-corrected chi connectivity index (χ1v) is 8.91. The summed E-state index contributed by atoms with van der Waals surface area (Å²) in [6.45, 7) is 0. The number of hydrogen-bond donors (Lipinski definition) is 3.